The Morgan fingerprint density at radius 2 is 2.00 bits per heavy atom. The zero-order valence-electron chi connectivity index (χ0n) is 10.9. The molecule has 1 amide bonds. The molecule has 0 fully saturated rings. The normalized spacial score (nSPS) is 12.7. The van der Waals surface area contributed by atoms with Gasteiger partial charge in [-0.25, -0.2) is 0 Å². The minimum atomic E-state index is -0.240. The topological polar surface area (TPSA) is 55.8 Å². The van der Waals surface area contributed by atoms with Crippen molar-refractivity contribution < 1.29 is 19.1 Å². The molecule has 19 heavy (non-hydrogen) atoms. The van der Waals surface area contributed by atoms with Crippen LogP contribution in [0.3, 0.4) is 0 Å². The van der Waals surface area contributed by atoms with Gasteiger partial charge in [-0.05, 0) is 31.2 Å². The number of fused-ring (bicyclic) bond motifs is 1. The maximum atomic E-state index is 11.9. The van der Waals surface area contributed by atoms with Gasteiger partial charge >= 0.3 is 0 Å². The van der Waals surface area contributed by atoms with Gasteiger partial charge in [0.05, 0.1) is 0 Å². The molecule has 5 nitrogen and oxygen atoms in total. The maximum absolute atomic E-state index is 11.9. The van der Waals surface area contributed by atoms with Crippen LogP contribution in [0.5, 0.6) is 11.5 Å². The van der Waals surface area contributed by atoms with Gasteiger partial charge in [0.2, 0.25) is 12.7 Å². The van der Waals surface area contributed by atoms with E-state index >= 15 is 0 Å². The Labute approximate surface area is 111 Å². The van der Waals surface area contributed by atoms with Crippen molar-refractivity contribution in [2.75, 3.05) is 20.4 Å². The lowest BCUT2D eigenvalue weighted by atomic mass is 10.1. The zero-order valence-corrected chi connectivity index (χ0v) is 10.9. The van der Waals surface area contributed by atoms with Crippen molar-refractivity contribution in [2.45, 2.75) is 6.92 Å². The lowest BCUT2D eigenvalue weighted by Crippen LogP contribution is -2.24. The van der Waals surface area contributed by atoms with Crippen molar-refractivity contribution in [3.8, 4) is 11.5 Å². The maximum Gasteiger partial charge on any atom is 0.246 e. The third-order valence-electron chi connectivity index (χ3n) is 2.88. The van der Waals surface area contributed by atoms with E-state index in [1.807, 2.05) is 6.92 Å². The number of carbonyl (C=O) groups excluding carboxylic acids is 2. The summed E-state index contributed by atoms with van der Waals surface area (Å²) in [5, 5.41) is 0. The van der Waals surface area contributed by atoms with Crippen molar-refractivity contribution in [2.24, 2.45) is 0 Å². The summed E-state index contributed by atoms with van der Waals surface area (Å²) in [6.07, 6.45) is 2.54. The first-order valence-electron chi connectivity index (χ1n) is 5.99. The molecule has 2 rings (SSSR count). The van der Waals surface area contributed by atoms with Crippen molar-refractivity contribution in [1.29, 1.82) is 0 Å². The first-order valence-corrected chi connectivity index (χ1v) is 5.99. The quantitative estimate of drug-likeness (QED) is 0.610. The smallest absolute Gasteiger partial charge is 0.246 e. The van der Waals surface area contributed by atoms with E-state index in [-0.39, 0.29) is 18.5 Å². The summed E-state index contributed by atoms with van der Waals surface area (Å²) < 4.78 is 10.4. The van der Waals surface area contributed by atoms with Crippen LogP contribution in [0.1, 0.15) is 17.3 Å². The van der Waals surface area contributed by atoms with E-state index in [0.29, 0.717) is 23.6 Å². The summed E-state index contributed by atoms with van der Waals surface area (Å²) >= 11 is 0. The number of benzene rings is 1. The van der Waals surface area contributed by atoms with Gasteiger partial charge in [-0.3, -0.25) is 9.59 Å². The Morgan fingerprint density at radius 3 is 2.74 bits per heavy atom. The van der Waals surface area contributed by atoms with Gasteiger partial charge in [-0.1, -0.05) is 0 Å². The summed E-state index contributed by atoms with van der Waals surface area (Å²) in [5.74, 6) is 0.742. The zero-order chi connectivity index (χ0) is 13.8. The van der Waals surface area contributed by atoms with E-state index in [4.69, 9.17) is 9.47 Å². The molecule has 0 bridgehead atoms. The molecule has 0 saturated carbocycles. The van der Waals surface area contributed by atoms with Gasteiger partial charge in [0.15, 0.2) is 17.3 Å². The number of hydrogen-bond donors (Lipinski definition) is 0. The molecule has 1 aliphatic rings. The van der Waals surface area contributed by atoms with E-state index in [9.17, 15) is 9.59 Å². The number of allylic oxidation sites excluding steroid dienone is 1. The second-order valence-electron chi connectivity index (χ2n) is 4.12. The highest BCUT2D eigenvalue weighted by Crippen LogP contribution is 2.32. The number of ketones is 1. The van der Waals surface area contributed by atoms with Crippen LogP contribution in [0.2, 0.25) is 0 Å². The van der Waals surface area contributed by atoms with E-state index in [0.717, 1.165) is 0 Å². The highest BCUT2D eigenvalue weighted by Gasteiger charge is 2.15. The second-order valence-corrected chi connectivity index (χ2v) is 4.12. The fourth-order valence-electron chi connectivity index (χ4n) is 1.58. The SMILES string of the molecule is CCN(C)C(=O)/C=C/C(=O)c1ccc2c(c1)OCO2. The van der Waals surface area contributed by atoms with Gasteiger partial charge < -0.3 is 14.4 Å². The fourth-order valence-corrected chi connectivity index (χ4v) is 1.58. The summed E-state index contributed by atoms with van der Waals surface area (Å²) in [5.41, 5.74) is 0.465. The summed E-state index contributed by atoms with van der Waals surface area (Å²) in [4.78, 5) is 25.0. The highest BCUT2D eigenvalue weighted by molar-refractivity contribution is 6.07. The molecular weight excluding hydrogens is 246 g/mol. The summed E-state index contributed by atoms with van der Waals surface area (Å²) in [7, 11) is 1.68. The number of rotatable bonds is 4. The van der Waals surface area contributed by atoms with Crippen molar-refractivity contribution in [1.82, 2.24) is 4.90 Å². The van der Waals surface area contributed by atoms with Crippen molar-refractivity contribution in [3.63, 3.8) is 0 Å². The van der Waals surface area contributed by atoms with Gasteiger partial charge in [0.25, 0.3) is 0 Å². The number of ether oxygens (including phenoxy) is 2. The number of hydrogen-bond acceptors (Lipinski definition) is 4. The van der Waals surface area contributed by atoms with E-state index in [1.54, 1.807) is 25.2 Å². The predicted octanol–water partition coefficient (Wildman–Crippen LogP) is 1.63. The number of likely N-dealkylation sites (N-methyl/N-ethyl adjacent to an activating group) is 1. The Hall–Kier alpha value is -2.30. The lowest BCUT2D eigenvalue weighted by molar-refractivity contribution is -0.124. The van der Waals surface area contributed by atoms with Gasteiger partial charge in [0, 0.05) is 25.2 Å². The largest absolute Gasteiger partial charge is 0.454 e. The van der Waals surface area contributed by atoms with Crippen LogP contribution >= 0.6 is 0 Å². The van der Waals surface area contributed by atoms with Crippen molar-refractivity contribution >= 4 is 11.7 Å². The molecule has 0 spiro atoms. The number of nitrogens with zero attached hydrogens (tertiary/aromatic N) is 1. The Kier molecular flexibility index (Phi) is 3.85. The van der Waals surface area contributed by atoms with Crippen LogP contribution in [0.15, 0.2) is 30.4 Å². The number of amides is 1. The molecule has 0 aliphatic carbocycles. The molecule has 0 saturated heterocycles. The van der Waals surface area contributed by atoms with Crippen LogP contribution in [0.4, 0.5) is 0 Å². The standard InChI is InChI=1S/C14H15NO4/c1-3-15(2)14(17)7-5-11(16)10-4-6-12-13(8-10)19-9-18-12/h4-8H,3,9H2,1-2H3/b7-5+. The Morgan fingerprint density at radius 1 is 1.26 bits per heavy atom. The molecule has 1 heterocycles. The van der Waals surface area contributed by atoms with Gasteiger partial charge in [-0.15, -0.1) is 0 Å². The monoisotopic (exact) mass is 261 g/mol. The lowest BCUT2D eigenvalue weighted by Gasteiger charge is -2.10. The molecule has 0 unspecified atom stereocenters. The molecule has 0 N–H and O–H groups in total. The third-order valence-corrected chi connectivity index (χ3v) is 2.88. The predicted molar refractivity (Wildman–Crippen MR) is 69.3 cm³/mol. The van der Waals surface area contributed by atoms with E-state index in [1.165, 1.54) is 17.1 Å². The summed E-state index contributed by atoms with van der Waals surface area (Å²) in [6.45, 7) is 2.63. The first kappa shape index (κ1) is 13.1. The van der Waals surface area contributed by atoms with Gasteiger partial charge in [-0.2, -0.15) is 0 Å². The van der Waals surface area contributed by atoms with Crippen LogP contribution in [0, 0.1) is 0 Å². The molecule has 5 heteroatoms. The first-order chi connectivity index (χ1) is 9.11. The molecule has 1 aromatic carbocycles. The van der Waals surface area contributed by atoms with E-state index in [2.05, 4.69) is 0 Å². The minimum Gasteiger partial charge on any atom is -0.454 e. The average Bonchev–Trinajstić information content (AvgIpc) is 2.90. The third kappa shape index (κ3) is 2.93. The Balaban J connectivity index is 2.08. The molecule has 0 aromatic heterocycles. The van der Waals surface area contributed by atoms with E-state index < -0.39 is 0 Å². The molecule has 0 atom stereocenters. The fraction of sp³-hybridized carbons (Fsp3) is 0.286. The Bertz CT molecular complexity index is 536. The van der Waals surface area contributed by atoms with Crippen LogP contribution in [0.25, 0.3) is 0 Å². The van der Waals surface area contributed by atoms with Crippen LogP contribution in [-0.2, 0) is 4.79 Å². The average molecular weight is 261 g/mol. The molecule has 100 valence electrons. The summed E-state index contributed by atoms with van der Waals surface area (Å²) in [6, 6.07) is 4.95. The van der Waals surface area contributed by atoms with Crippen LogP contribution in [-0.4, -0.2) is 37.0 Å². The molecule has 0 radical (unpaired) electrons. The highest BCUT2D eigenvalue weighted by atomic mass is 16.7. The van der Waals surface area contributed by atoms with Gasteiger partial charge in [0.1, 0.15) is 0 Å². The van der Waals surface area contributed by atoms with Crippen molar-refractivity contribution in [3.05, 3.63) is 35.9 Å². The molecular formula is C14H15NO4. The molecule has 1 aliphatic heterocycles. The molecule has 1 aromatic rings. The minimum absolute atomic E-state index is 0.169. The number of carbonyl (C=O) groups is 2. The van der Waals surface area contributed by atoms with Crippen LogP contribution < -0.4 is 9.47 Å². The second kappa shape index (κ2) is 5.56.